The quantitative estimate of drug-likeness (QED) is 0.694. The molecule has 2 unspecified atom stereocenters. The summed E-state index contributed by atoms with van der Waals surface area (Å²) in [7, 11) is -1.60. The van der Waals surface area contributed by atoms with Gasteiger partial charge in [-0.3, -0.25) is 0 Å². The SMILES string of the molecule is CCCNCCCN(C)S(=O)(=O)N1CCCC(C)C1C. The molecule has 6 heteroatoms. The van der Waals surface area contributed by atoms with Crippen LogP contribution in [0.3, 0.4) is 0 Å². The van der Waals surface area contributed by atoms with Crippen LogP contribution in [0.5, 0.6) is 0 Å². The van der Waals surface area contributed by atoms with Crippen LogP contribution in [-0.4, -0.2) is 56.3 Å². The number of hydrogen-bond donors (Lipinski definition) is 1. The van der Waals surface area contributed by atoms with E-state index < -0.39 is 10.2 Å². The Balaban J connectivity index is 2.49. The molecule has 0 saturated carbocycles. The third kappa shape index (κ3) is 4.69. The van der Waals surface area contributed by atoms with Gasteiger partial charge in [-0.05, 0) is 51.6 Å². The highest BCUT2D eigenvalue weighted by molar-refractivity contribution is 7.86. The Kier molecular flexibility index (Phi) is 7.43. The first kappa shape index (κ1) is 17.9. The average Bonchev–Trinajstić information content (AvgIpc) is 2.41. The summed E-state index contributed by atoms with van der Waals surface area (Å²) in [4.78, 5) is 0. The molecule has 1 rings (SSSR count). The molecule has 5 nitrogen and oxygen atoms in total. The lowest BCUT2D eigenvalue weighted by molar-refractivity contribution is 0.191. The summed E-state index contributed by atoms with van der Waals surface area (Å²) in [6, 6.07) is 0.106. The number of nitrogens with zero attached hydrogens (tertiary/aromatic N) is 2. The molecule has 1 heterocycles. The Morgan fingerprint density at radius 3 is 2.65 bits per heavy atom. The zero-order chi connectivity index (χ0) is 15.2. The molecular formula is C14H31N3O2S. The van der Waals surface area contributed by atoms with Crippen molar-refractivity contribution < 1.29 is 8.42 Å². The van der Waals surface area contributed by atoms with Crippen molar-refractivity contribution in [2.45, 2.75) is 52.5 Å². The maximum absolute atomic E-state index is 12.6. The molecule has 1 aliphatic heterocycles. The van der Waals surface area contributed by atoms with Gasteiger partial charge >= 0.3 is 0 Å². The van der Waals surface area contributed by atoms with E-state index >= 15 is 0 Å². The highest BCUT2D eigenvalue weighted by Gasteiger charge is 2.35. The summed E-state index contributed by atoms with van der Waals surface area (Å²) in [5, 5.41) is 3.30. The molecule has 0 aromatic heterocycles. The molecule has 20 heavy (non-hydrogen) atoms. The van der Waals surface area contributed by atoms with Crippen LogP contribution in [0.1, 0.15) is 46.5 Å². The summed E-state index contributed by atoms with van der Waals surface area (Å²) < 4.78 is 28.4. The van der Waals surface area contributed by atoms with E-state index in [1.165, 1.54) is 4.31 Å². The Hall–Kier alpha value is -0.170. The van der Waals surface area contributed by atoms with Gasteiger partial charge in [-0.15, -0.1) is 0 Å². The number of piperidine rings is 1. The van der Waals surface area contributed by atoms with Crippen LogP contribution in [0.4, 0.5) is 0 Å². The van der Waals surface area contributed by atoms with Crippen molar-refractivity contribution in [3.05, 3.63) is 0 Å². The molecule has 120 valence electrons. The average molecular weight is 305 g/mol. The van der Waals surface area contributed by atoms with E-state index in [4.69, 9.17) is 0 Å². The number of nitrogens with one attached hydrogen (secondary N) is 1. The molecule has 1 aliphatic rings. The molecule has 2 atom stereocenters. The van der Waals surface area contributed by atoms with Gasteiger partial charge in [0.15, 0.2) is 0 Å². The monoisotopic (exact) mass is 305 g/mol. The van der Waals surface area contributed by atoms with Crippen molar-refractivity contribution in [1.82, 2.24) is 13.9 Å². The first-order valence-electron chi connectivity index (χ1n) is 7.85. The van der Waals surface area contributed by atoms with Crippen molar-refractivity contribution in [2.75, 3.05) is 33.2 Å². The minimum atomic E-state index is -3.30. The van der Waals surface area contributed by atoms with Crippen LogP contribution in [0.2, 0.25) is 0 Å². The normalized spacial score (nSPS) is 25.2. The summed E-state index contributed by atoms with van der Waals surface area (Å²) in [5.74, 6) is 0.443. The lowest BCUT2D eigenvalue weighted by Gasteiger charge is -2.38. The van der Waals surface area contributed by atoms with Crippen LogP contribution in [0.15, 0.2) is 0 Å². The van der Waals surface area contributed by atoms with E-state index in [-0.39, 0.29) is 6.04 Å². The molecule has 0 amide bonds. The summed E-state index contributed by atoms with van der Waals surface area (Å²) in [6.45, 7) is 9.40. The maximum Gasteiger partial charge on any atom is 0.281 e. The van der Waals surface area contributed by atoms with Gasteiger partial charge in [0.25, 0.3) is 10.2 Å². The fourth-order valence-corrected chi connectivity index (χ4v) is 4.35. The Morgan fingerprint density at radius 1 is 1.30 bits per heavy atom. The highest BCUT2D eigenvalue weighted by Crippen LogP contribution is 2.26. The van der Waals surface area contributed by atoms with E-state index in [9.17, 15) is 8.42 Å². The topological polar surface area (TPSA) is 52.7 Å². The Labute approximate surface area is 124 Å². The first-order valence-corrected chi connectivity index (χ1v) is 9.24. The predicted octanol–water partition coefficient (Wildman–Crippen LogP) is 1.67. The molecule has 1 N–H and O–H groups in total. The fourth-order valence-electron chi connectivity index (χ4n) is 2.65. The van der Waals surface area contributed by atoms with Crippen LogP contribution >= 0.6 is 0 Å². The summed E-state index contributed by atoms with van der Waals surface area (Å²) >= 11 is 0. The molecule has 0 aliphatic carbocycles. The molecule has 0 bridgehead atoms. The number of hydrogen-bond acceptors (Lipinski definition) is 3. The zero-order valence-corrected chi connectivity index (χ0v) is 14.2. The van der Waals surface area contributed by atoms with Gasteiger partial charge in [-0.1, -0.05) is 13.8 Å². The molecule has 0 aromatic rings. The van der Waals surface area contributed by atoms with Gasteiger partial charge in [-0.2, -0.15) is 17.0 Å². The second-order valence-corrected chi connectivity index (χ2v) is 7.89. The lowest BCUT2D eigenvalue weighted by Crippen LogP contribution is -2.51. The van der Waals surface area contributed by atoms with E-state index in [1.807, 2.05) is 6.92 Å². The highest BCUT2D eigenvalue weighted by atomic mass is 32.2. The van der Waals surface area contributed by atoms with Crippen molar-refractivity contribution >= 4 is 10.2 Å². The van der Waals surface area contributed by atoms with E-state index in [0.29, 0.717) is 19.0 Å². The molecular weight excluding hydrogens is 274 g/mol. The predicted molar refractivity (Wildman–Crippen MR) is 83.9 cm³/mol. The van der Waals surface area contributed by atoms with Gasteiger partial charge < -0.3 is 5.32 Å². The largest absolute Gasteiger partial charge is 0.317 e. The summed E-state index contributed by atoms with van der Waals surface area (Å²) in [5.41, 5.74) is 0. The van der Waals surface area contributed by atoms with Crippen LogP contribution in [0, 0.1) is 5.92 Å². The van der Waals surface area contributed by atoms with Gasteiger partial charge in [0.2, 0.25) is 0 Å². The number of rotatable bonds is 8. The first-order chi connectivity index (χ1) is 9.41. The zero-order valence-electron chi connectivity index (χ0n) is 13.4. The van der Waals surface area contributed by atoms with Crippen molar-refractivity contribution in [3.63, 3.8) is 0 Å². The van der Waals surface area contributed by atoms with Crippen molar-refractivity contribution in [2.24, 2.45) is 5.92 Å². The Bertz CT molecular complexity index is 373. The summed E-state index contributed by atoms with van der Waals surface area (Å²) in [6.07, 6.45) is 4.05. The second-order valence-electron chi connectivity index (χ2n) is 5.90. The van der Waals surface area contributed by atoms with Crippen molar-refractivity contribution in [1.29, 1.82) is 0 Å². The Morgan fingerprint density at radius 2 is 2.00 bits per heavy atom. The smallest absolute Gasteiger partial charge is 0.281 e. The standard InChI is InChI=1S/C14H31N3O2S/c1-5-9-15-10-7-11-16(4)20(18,19)17-12-6-8-13(2)14(17)3/h13-15H,5-12H2,1-4H3. The van der Waals surface area contributed by atoms with E-state index in [2.05, 4.69) is 19.2 Å². The molecule has 0 radical (unpaired) electrons. The van der Waals surface area contributed by atoms with E-state index in [0.717, 1.165) is 38.8 Å². The molecule has 1 saturated heterocycles. The maximum atomic E-state index is 12.6. The molecule has 1 fully saturated rings. The van der Waals surface area contributed by atoms with Crippen LogP contribution in [-0.2, 0) is 10.2 Å². The minimum Gasteiger partial charge on any atom is -0.317 e. The van der Waals surface area contributed by atoms with Gasteiger partial charge in [-0.25, -0.2) is 0 Å². The lowest BCUT2D eigenvalue weighted by atomic mass is 9.94. The minimum absolute atomic E-state index is 0.106. The van der Waals surface area contributed by atoms with Crippen LogP contribution < -0.4 is 5.32 Å². The van der Waals surface area contributed by atoms with Gasteiger partial charge in [0.05, 0.1) is 0 Å². The van der Waals surface area contributed by atoms with Crippen molar-refractivity contribution in [3.8, 4) is 0 Å². The molecule has 0 spiro atoms. The second kappa shape index (κ2) is 8.32. The third-order valence-electron chi connectivity index (χ3n) is 4.26. The molecule has 0 aromatic carbocycles. The van der Waals surface area contributed by atoms with Crippen LogP contribution in [0.25, 0.3) is 0 Å². The third-order valence-corrected chi connectivity index (χ3v) is 6.34. The van der Waals surface area contributed by atoms with Gasteiger partial charge in [0.1, 0.15) is 0 Å². The van der Waals surface area contributed by atoms with Gasteiger partial charge in [0, 0.05) is 26.2 Å². The fraction of sp³-hybridized carbons (Fsp3) is 1.00. The van der Waals surface area contributed by atoms with E-state index in [1.54, 1.807) is 11.4 Å².